The highest BCUT2D eigenvalue weighted by molar-refractivity contribution is 5.85. The van der Waals surface area contributed by atoms with Crippen molar-refractivity contribution in [3.05, 3.63) is 77.2 Å². The second kappa shape index (κ2) is 7.27. The summed E-state index contributed by atoms with van der Waals surface area (Å²) in [6.07, 6.45) is 4.25. The highest BCUT2D eigenvalue weighted by Crippen LogP contribution is 2.39. The van der Waals surface area contributed by atoms with Gasteiger partial charge in [-0.05, 0) is 79.0 Å². The maximum absolute atomic E-state index is 9.71. The van der Waals surface area contributed by atoms with E-state index < -0.39 is 0 Å². The predicted molar refractivity (Wildman–Crippen MR) is 116 cm³/mol. The number of aromatic hydroxyl groups is 1. The minimum atomic E-state index is 0.270. The minimum Gasteiger partial charge on any atom is -0.512 e. The van der Waals surface area contributed by atoms with Crippen LogP contribution in [0.5, 0.6) is 5.75 Å². The first-order valence-corrected chi connectivity index (χ1v) is 10.5. The van der Waals surface area contributed by atoms with Crippen LogP contribution in [0.2, 0.25) is 0 Å². The van der Waals surface area contributed by atoms with Gasteiger partial charge in [-0.1, -0.05) is 30.8 Å². The summed E-state index contributed by atoms with van der Waals surface area (Å²) in [7, 11) is 0. The third-order valence-electron chi connectivity index (χ3n) is 6.69. The average Bonchev–Trinajstić information content (AvgIpc) is 3.02. The Morgan fingerprint density at radius 2 is 1.97 bits per heavy atom. The molecular weight excluding hydrogens is 360 g/mol. The molecule has 2 unspecified atom stereocenters. The zero-order chi connectivity index (χ0) is 20.0. The third-order valence-corrected chi connectivity index (χ3v) is 6.69. The molecule has 1 saturated heterocycles. The summed E-state index contributed by atoms with van der Waals surface area (Å²) in [6.45, 7) is 6.35. The molecule has 0 bridgehead atoms. The van der Waals surface area contributed by atoms with Crippen LogP contribution in [0.25, 0.3) is 10.9 Å². The van der Waals surface area contributed by atoms with Gasteiger partial charge in [-0.2, -0.15) is 0 Å². The Morgan fingerprint density at radius 3 is 2.79 bits per heavy atom. The number of hydrogen-bond donors (Lipinski definition) is 3. The molecule has 2 aliphatic rings. The largest absolute Gasteiger partial charge is 0.512 e. The summed E-state index contributed by atoms with van der Waals surface area (Å²) < 4.78 is 0. The number of hydrogen-bond acceptors (Lipinski definition) is 3. The van der Waals surface area contributed by atoms with E-state index in [4.69, 9.17) is 0 Å². The second-order valence-electron chi connectivity index (χ2n) is 8.83. The molecule has 0 amide bonds. The van der Waals surface area contributed by atoms with Crippen LogP contribution in [0, 0.1) is 11.8 Å². The van der Waals surface area contributed by atoms with E-state index in [0.29, 0.717) is 18.2 Å². The molecule has 5 rings (SSSR count). The monoisotopic (exact) mass is 388 g/mol. The molecule has 3 N–H and O–H groups in total. The number of aromatic nitrogens is 1. The second-order valence-corrected chi connectivity index (χ2v) is 8.83. The molecule has 1 aliphatic heterocycles. The summed E-state index contributed by atoms with van der Waals surface area (Å²) >= 11 is 0. The van der Waals surface area contributed by atoms with Crippen LogP contribution in [0.3, 0.4) is 0 Å². The van der Waals surface area contributed by atoms with Crippen molar-refractivity contribution in [2.24, 2.45) is 11.8 Å². The number of H-pyrrole nitrogens is 1. The zero-order valence-corrected chi connectivity index (χ0v) is 16.7. The fourth-order valence-electron chi connectivity index (χ4n) is 5.36. The molecule has 0 radical (unpaired) electrons. The van der Waals surface area contributed by atoms with Crippen molar-refractivity contribution in [2.75, 3.05) is 19.6 Å². The van der Waals surface area contributed by atoms with Crippen molar-refractivity contribution in [1.29, 1.82) is 0 Å². The minimum absolute atomic E-state index is 0.270. The van der Waals surface area contributed by atoms with E-state index in [9.17, 15) is 10.2 Å². The van der Waals surface area contributed by atoms with Gasteiger partial charge in [0.1, 0.15) is 5.75 Å². The summed E-state index contributed by atoms with van der Waals surface area (Å²) in [4.78, 5) is 6.06. The van der Waals surface area contributed by atoms with Crippen LogP contribution >= 0.6 is 0 Å². The van der Waals surface area contributed by atoms with E-state index in [0.717, 1.165) is 43.8 Å². The molecule has 150 valence electrons. The smallest absolute Gasteiger partial charge is 0.115 e. The first-order valence-electron chi connectivity index (χ1n) is 10.5. The SMILES string of the molecule is C=C(O)CN1CCC2Cc3[nH]c4cc(Cc5cccc(O)c5)ccc4c3CC2C1. The Morgan fingerprint density at radius 1 is 1.10 bits per heavy atom. The van der Waals surface area contributed by atoms with Gasteiger partial charge in [0.15, 0.2) is 0 Å². The lowest BCUT2D eigenvalue weighted by Crippen LogP contribution is -2.44. The number of benzene rings is 2. The molecule has 1 aromatic heterocycles. The molecule has 2 atom stereocenters. The van der Waals surface area contributed by atoms with Gasteiger partial charge < -0.3 is 15.2 Å². The molecule has 2 heterocycles. The van der Waals surface area contributed by atoms with Crippen molar-refractivity contribution < 1.29 is 10.2 Å². The van der Waals surface area contributed by atoms with E-state index in [2.05, 4.69) is 40.7 Å². The summed E-state index contributed by atoms with van der Waals surface area (Å²) in [5.41, 5.74) is 6.50. The molecule has 2 aromatic carbocycles. The van der Waals surface area contributed by atoms with Gasteiger partial charge in [0.2, 0.25) is 0 Å². The topological polar surface area (TPSA) is 59.5 Å². The van der Waals surface area contributed by atoms with Gasteiger partial charge >= 0.3 is 0 Å². The molecular formula is C25H28N2O2. The van der Waals surface area contributed by atoms with E-state index >= 15 is 0 Å². The number of aliphatic hydroxyl groups excluding tert-OH is 1. The van der Waals surface area contributed by atoms with Crippen LogP contribution in [-0.4, -0.2) is 39.7 Å². The van der Waals surface area contributed by atoms with E-state index in [1.807, 2.05) is 12.1 Å². The number of phenols is 1. The Hall–Kier alpha value is -2.72. The summed E-state index contributed by atoms with van der Waals surface area (Å²) in [5, 5.41) is 20.6. The number of fused-ring (bicyclic) bond motifs is 4. The lowest BCUT2D eigenvalue weighted by molar-refractivity contribution is 0.110. The molecule has 0 saturated carbocycles. The first kappa shape index (κ1) is 18.3. The van der Waals surface area contributed by atoms with Gasteiger partial charge in [0.25, 0.3) is 0 Å². The van der Waals surface area contributed by atoms with Crippen LogP contribution in [0.1, 0.15) is 28.8 Å². The fourth-order valence-corrected chi connectivity index (χ4v) is 5.36. The highest BCUT2D eigenvalue weighted by atomic mass is 16.3. The van der Waals surface area contributed by atoms with Crippen molar-refractivity contribution in [3.8, 4) is 5.75 Å². The summed E-state index contributed by atoms with van der Waals surface area (Å²) in [5.74, 6) is 1.97. The standard InChI is InChI=1S/C25H28N2O2/c1-16(28)14-27-8-7-19-13-25-23(12-20(19)15-27)22-6-5-18(11-24(22)26-25)9-17-3-2-4-21(29)10-17/h2-6,10-11,19-20,26,28-29H,1,7-9,12-15H2. The van der Waals surface area contributed by atoms with Gasteiger partial charge in [-0.25, -0.2) is 0 Å². The number of piperidine rings is 1. The Labute approximate surface area is 171 Å². The number of nitrogens with one attached hydrogen (secondary N) is 1. The van der Waals surface area contributed by atoms with Crippen molar-refractivity contribution in [2.45, 2.75) is 25.7 Å². The number of nitrogens with zero attached hydrogens (tertiary/aromatic N) is 1. The Bertz CT molecular complexity index is 1070. The van der Waals surface area contributed by atoms with Gasteiger partial charge in [0, 0.05) is 23.1 Å². The number of aromatic amines is 1. The summed E-state index contributed by atoms with van der Waals surface area (Å²) in [6, 6.07) is 14.2. The van der Waals surface area contributed by atoms with E-state index in [1.54, 1.807) is 6.07 Å². The zero-order valence-electron chi connectivity index (χ0n) is 16.7. The molecule has 29 heavy (non-hydrogen) atoms. The van der Waals surface area contributed by atoms with E-state index in [-0.39, 0.29) is 5.76 Å². The molecule has 4 nitrogen and oxygen atoms in total. The molecule has 1 fully saturated rings. The predicted octanol–water partition coefficient (Wildman–Crippen LogP) is 4.57. The lowest BCUT2D eigenvalue weighted by atomic mass is 9.74. The maximum atomic E-state index is 9.71. The van der Waals surface area contributed by atoms with Gasteiger partial charge in [0.05, 0.1) is 12.3 Å². The fraction of sp³-hybridized carbons (Fsp3) is 0.360. The molecule has 4 heteroatoms. The first-order chi connectivity index (χ1) is 14.0. The van der Waals surface area contributed by atoms with Crippen LogP contribution < -0.4 is 0 Å². The van der Waals surface area contributed by atoms with Gasteiger partial charge in [-0.15, -0.1) is 0 Å². The quantitative estimate of drug-likeness (QED) is 0.574. The Balaban J connectivity index is 1.39. The van der Waals surface area contributed by atoms with Crippen LogP contribution in [-0.2, 0) is 19.3 Å². The van der Waals surface area contributed by atoms with Gasteiger partial charge in [-0.3, -0.25) is 4.90 Å². The van der Waals surface area contributed by atoms with Crippen molar-refractivity contribution in [1.82, 2.24) is 9.88 Å². The molecule has 3 aromatic rings. The maximum Gasteiger partial charge on any atom is 0.115 e. The average molecular weight is 389 g/mol. The lowest BCUT2D eigenvalue weighted by Gasteiger charge is -2.41. The number of phenolic OH excluding ortho intramolecular Hbond substituents is 1. The molecule has 1 aliphatic carbocycles. The third kappa shape index (κ3) is 3.65. The number of likely N-dealkylation sites (tertiary alicyclic amines) is 1. The van der Waals surface area contributed by atoms with Crippen molar-refractivity contribution >= 4 is 10.9 Å². The normalized spacial score (nSPS) is 21.7. The van der Waals surface area contributed by atoms with Crippen molar-refractivity contribution in [3.63, 3.8) is 0 Å². The molecule has 0 spiro atoms. The number of aliphatic hydroxyl groups is 1. The Kier molecular flexibility index (Phi) is 4.59. The van der Waals surface area contributed by atoms with Crippen LogP contribution in [0.4, 0.5) is 0 Å². The highest BCUT2D eigenvalue weighted by Gasteiger charge is 2.35. The number of rotatable bonds is 4. The van der Waals surface area contributed by atoms with E-state index in [1.165, 1.54) is 34.1 Å². The van der Waals surface area contributed by atoms with Crippen LogP contribution in [0.15, 0.2) is 54.8 Å².